The minimum Gasteiger partial charge on any atom is -0.354 e. The smallest absolute Gasteiger partial charge is 0.239 e. The molecular formula is C21H30N6O2. The third-order valence-corrected chi connectivity index (χ3v) is 6.17. The predicted octanol–water partition coefficient (Wildman–Crippen LogP) is 1.37. The number of nitrogens with one attached hydrogen (secondary N) is 1. The van der Waals surface area contributed by atoms with Crippen molar-refractivity contribution >= 4 is 22.8 Å². The molecule has 0 bridgehead atoms. The number of carbonyl (C=O) groups is 2. The zero-order valence-electron chi connectivity index (χ0n) is 17.3. The summed E-state index contributed by atoms with van der Waals surface area (Å²) in [5.74, 6) is 0.409. The molecule has 0 unspecified atom stereocenters. The van der Waals surface area contributed by atoms with E-state index >= 15 is 0 Å². The van der Waals surface area contributed by atoms with Gasteiger partial charge in [0.05, 0.1) is 18.3 Å². The highest BCUT2D eigenvalue weighted by atomic mass is 16.2. The minimum absolute atomic E-state index is 0.0372. The summed E-state index contributed by atoms with van der Waals surface area (Å²) < 4.78 is 1.87. The van der Waals surface area contributed by atoms with Crippen molar-refractivity contribution in [1.29, 1.82) is 0 Å². The van der Waals surface area contributed by atoms with E-state index in [0.717, 1.165) is 42.8 Å². The Bertz CT molecular complexity index is 888. The molecule has 2 aromatic rings. The van der Waals surface area contributed by atoms with Crippen LogP contribution in [0.1, 0.15) is 44.7 Å². The Labute approximate surface area is 171 Å². The first kappa shape index (κ1) is 19.8. The van der Waals surface area contributed by atoms with Gasteiger partial charge in [-0.2, -0.15) is 5.10 Å². The minimum atomic E-state index is -0.0493. The topological polar surface area (TPSA) is 83.4 Å². The molecule has 2 saturated heterocycles. The largest absolute Gasteiger partial charge is 0.354 e. The van der Waals surface area contributed by atoms with E-state index in [4.69, 9.17) is 5.10 Å². The normalized spacial score (nSPS) is 21.0. The fourth-order valence-electron chi connectivity index (χ4n) is 4.56. The standard InChI is InChI=1S/C21H30N6O2/c1-15(25-10-3-4-11-25)21(29)26-12-7-17(14-26)19-18-6-5-8-23-20(18)27(24-19)13-9-22-16(2)28/h5-6,8,15,17H,3-4,7,9-14H2,1-2H3,(H,22,28)/t15-,17+/m1/s1. The van der Waals surface area contributed by atoms with Crippen LogP contribution in [0.15, 0.2) is 18.3 Å². The molecule has 4 rings (SSSR count). The Morgan fingerprint density at radius 3 is 2.83 bits per heavy atom. The number of hydrogen-bond acceptors (Lipinski definition) is 5. The number of carbonyl (C=O) groups excluding carboxylic acids is 2. The molecule has 0 spiro atoms. The van der Waals surface area contributed by atoms with Crippen molar-refractivity contribution in [3.63, 3.8) is 0 Å². The monoisotopic (exact) mass is 398 g/mol. The Balaban J connectivity index is 1.48. The lowest BCUT2D eigenvalue weighted by Crippen LogP contribution is -2.45. The van der Waals surface area contributed by atoms with Crippen LogP contribution < -0.4 is 5.32 Å². The number of hydrogen-bond donors (Lipinski definition) is 1. The van der Waals surface area contributed by atoms with Crippen molar-refractivity contribution in [1.82, 2.24) is 29.9 Å². The van der Waals surface area contributed by atoms with Crippen LogP contribution in [-0.4, -0.2) is 75.1 Å². The molecule has 29 heavy (non-hydrogen) atoms. The van der Waals surface area contributed by atoms with Crippen molar-refractivity contribution in [2.45, 2.75) is 51.6 Å². The molecule has 2 aromatic heterocycles. The van der Waals surface area contributed by atoms with Crippen molar-refractivity contribution in [2.24, 2.45) is 0 Å². The average molecular weight is 399 g/mol. The summed E-state index contributed by atoms with van der Waals surface area (Å²) in [5, 5.41) is 8.70. The molecule has 2 aliphatic rings. The van der Waals surface area contributed by atoms with E-state index in [1.165, 1.54) is 19.8 Å². The first-order valence-electron chi connectivity index (χ1n) is 10.6. The second-order valence-electron chi connectivity index (χ2n) is 8.15. The summed E-state index contributed by atoms with van der Waals surface area (Å²) >= 11 is 0. The van der Waals surface area contributed by atoms with Crippen LogP contribution in [-0.2, 0) is 16.1 Å². The second-order valence-corrected chi connectivity index (χ2v) is 8.15. The molecule has 1 N–H and O–H groups in total. The van der Waals surface area contributed by atoms with Crippen LogP contribution >= 0.6 is 0 Å². The molecular weight excluding hydrogens is 368 g/mol. The van der Waals surface area contributed by atoms with Crippen molar-refractivity contribution in [3.8, 4) is 0 Å². The van der Waals surface area contributed by atoms with Gasteiger partial charge in [0.15, 0.2) is 5.65 Å². The number of aromatic nitrogens is 3. The van der Waals surface area contributed by atoms with Gasteiger partial charge in [0.25, 0.3) is 0 Å². The molecule has 2 aliphatic heterocycles. The summed E-state index contributed by atoms with van der Waals surface area (Å²) in [6.45, 7) is 8.19. The number of rotatable bonds is 6. The Morgan fingerprint density at radius 2 is 2.07 bits per heavy atom. The highest BCUT2D eigenvalue weighted by Crippen LogP contribution is 2.32. The van der Waals surface area contributed by atoms with Gasteiger partial charge < -0.3 is 10.2 Å². The van der Waals surface area contributed by atoms with Gasteiger partial charge in [-0.3, -0.25) is 14.5 Å². The van der Waals surface area contributed by atoms with E-state index in [2.05, 4.69) is 21.3 Å². The molecule has 0 aromatic carbocycles. The Kier molecular flexibility index (Phi) is 5.80. The van der Waals surface area contributed by atoms with E-state index in [1.54, 1.807) is 6.20 Å². The van der Waals surface area contributed by atoms with Crippen LogP contribution in [0, 0.1) is 0 Å². The Morgan fingerprint density at radius 1 is 1.28 bits per heavy atom. The summed E-state index contributed by atoms with van der Waals surface area (Å²) in [5.41, 5.74) is 1.85. The lowest BCUT2D eigenvalue weighted by atomic mass is 10.0. The highest BCUT2D eigenvalue weighted by molar-refractivity contribution is 5.83. The van der Waals surface area contributed by atoms with Gasteiger partial charge in [-0.1, -0.05) is 0 Å². The first-order chi connectivity index (χ1) is 14.0. The lowest BCUT2D eigenvalue weighted by molar-refractivity contribution is -0.135. The number of likely N-dealkylation sites (tertiary alicyclic amines) is 2. The maximum atomic E-state index is 13.0. The molecule has 156 valence electrons. The van der Waals surface area contributed by atoms with E-state index in [0.29, 0.717) is 19.6 Å². The maximum Gasteiger partial charge on any atom is 0.239 e. The van der Waals surface area contributed by atoms with Gasteiger partial charge in [-0.05, 0) is 51.4 Å². The summed E-state index contributed by atoms with van der Waals surface area (Å²) in [7, 11) is 0. The molecule has 2 amide bonds. The Hall–Kier alpha value is -2.48. The molecule has 8 nitrogen and oxygen atoms in total. The fourth-order valence-corrected chi connectivity index (χ4v) is 4.56. The zero-order valence-corrected chi connectivity index (χ0v) is 17.3. The van der Waals surface area contributed by atoms with E-state index in [1.807, 2.05) is 22.6 Å². The highest BCUT2D eigenvalue weighted by Gasteiger charge is 2.34. The summed E-state index contributed by atoms with van der Waals surface area (Å²) in [6.07, 6.45) is 5.07. The summed E-state index contributed by atoms with van der Waals surface area (Å²) in [4.78, 5) is 33.0. The molecule has 4 heterocycles. The predicted molar refractivity (Wildman–Crippen MR) is 110 cm³/mol. The molecule has 8 heteroatoms. The second kappa shape index (κ2) is 8.49. The van der Waals surface area contributed by atoms with E-state index in [9.17, 15) is 9.59 Å². The van der Waals surface area contributed by atoms with Gasteiger partial charge in [0, 0.05) is 44.1 Å². The summed E-state index contributed by atoms with van der Waals surface area (Å²) in [6, 6.07) is 3.94. The molecule has 0 aliphatic carbocycles. The van der Waals surface area contributed by atoms with Crippen molar-refractivity contribution < 1.29 is 9.59 Å². The molecule has 0 saturated carbocycles. The van der Waals surface area contributed by atoms with Crippen LogP contribution in [0.2, 0.25) is 0 Å². The SMILES string of the molecule is CC(=O)NCCn1nc([C@H]2CCN(C(=O)[C@@H](C)N3CCCC3)C2)c2cccnc21. The maximum absolute atomic E-state index is 13.0. The zero-order chi connectivity index (χ0) is 20.4. The van der Waals surface area contributed by atoms with Crippen molar-refractivity contribution in [3.05, 3.63) is 24.0 Å². The number of nitrogens with zero attached hydrogens (tertiary/aromatic N) is 5. The van der Waals surface area contributed by atoms with Gasteiger partial charge in [-0.15, -0.1) is 0 Å². The third-order valence-electron chi connectivity index (χ3n) is 6.17. The van der Waals surface area contributed by atoms with Gasteiger partial charge in [0.2, 0.25) is 11.8 Å². The molecule has 2 atom stereocenters. The third kappa shape index (κ3) is 4.12. The van der Waals surface area contributed by atoms with Crippen molar-refractivity contribution in [2.75, 3.05) is 32.7 Å². The van der Waals surface area contributed by atoms with Crippen LogP contribution in [0.4, 0.5) is 0 Å². The van der Waals surface area contributed by atoms with Crippen LogP contribution in [0.25, 0.3) is 11.0 Å². The van der Waals surface area contributed by atoms with Crippen LogP contribution in [0.3, 0.4) is 0 Å². The number of fused-ring (bicyclic) bond motifs is 1. The van der Waals surface area contributed by atoms with Gasteiger partial charge in [-0.25, -0.2) is 9.67 Å². The van der Waals surface area contributed by atoms with E-state index in [-0.39, 0.29) is 23.8 Å². The van der Waals surface area contributed by atoms with Crippen LogP contribution in [0.5, 0.6) is 0 Å². The number of amides is 2. The quantitative estimate of drug-likeness (QED) is 0.795. The molecule has 2 fully saturated rings. The molecule has 0 radical (unpaired) electrons. The van der Waals surface area contributed by atoms with Gasteiger partial charge in [0.1, 0.15) is 0 Å². The first-order valence-corrected chi connectivity index (χ1v) is 10.6. The fraction of sp³-hybridized carbons (Fsp3) is 0.619. The van der Waals surface area contributed by atoms with E-state index < -0.39 is 0 Å². The average Bonchev–Trinajstić information content (AvgIpc) is 3.46. The lowest BCUT2D eigenvalue weighted by Gasteiger charge is -2.27. The number of pyridine rings is 1. The van der Waals surface area contributed by atoms with Gasteiger partial charge >= 0.3 is 0 Å².